The molecule has 3 aromatic rings. The van der Waals surface area contributed by atoms with Gasteiger partial charge in [0.2, 0.25) is 17.8 Å². The third-order valence-electron chi connectivity index (χ3n) is 3.96. The van der Waals surface area contributed by atoms with E-state index in [1.54, 1.807) is 4.57 Å². The van der Waals surface area contributed by atoms with Crippen LogP contribution in [-0.4, -0.2) is 24.6 Å². The number of unbranched alkanes of at least 4 members (excludes halogenated alkanes) is 1. The zero-order chi connectivity index (χ0) is 17.8. The fourth-order valence-electron chi connectivity index (χ4n) is 2.76. The molecule has 6 heteroatoms. The van der Waals surface area contributed by atoms with Gasteiger partial charge >= 0.3 is 0 Å². The second-order valence-corrected chi connectivity index (χ2v) is 6.14. The maximum absolute atomic E-state index is 10.2. The van der Waals surface area contributed by atoms with Crippen molar-refractivity contribution in [1.29, 1.82) is 0 Å². The summed E-state index contributed by atoms with van der Waals surface area (Å²) < 4.78 is 1.64. The first kappa shape index (κ1) is 17.0. The van der Waals surface area contributed by atoms with E-state index in [0.717, 1.165) is 23.5 Å². The second-order valence-electron chi connectivity index (χ2n) is 6.14. The van der Waals surface area contributed by atoms with Crippen molar-refractivity contribution in [2.24, 2.45) is 0 Å². The zero-order valence-electron chi connectivity index (χ0n) is 14.8. The van der Waals surface area contributed by atoms with Crippen molar-refractivity contribution in [1.82, 2.24) is 19.5 Å². The maximum Gasteiger partial charge on any atom is 0.229 e. The number of imidazole rings is 1. The highest BCUT2D eigenvalue weighted by atomic mass is 16.3. The van der Waals surface area contributed by atoms with Gasteiger partial charge in [-0.1, -0.05) is 25.5 Å². The highest BCUT2D eigenvalue weighted by molar-refractivity contribution is 5.52. The second kappa shape index (κ2) is 7.34. The van der Waals surface area contributed by atoms with Crippen LogP contribution in [0.1, 0.15) is 36.7 Å². The van der Waals surface area contributed by atoms with Gasteiger partial charge in [-0.05, 0) is 50.5 Å². The SMILES string of the molecule is CCCCc1ccc(-n2c(O)cnc2Nc2nc(C)cc(C)n2)cc1. The minimum atomic E-state index is 0.0631. The molecule has 0 aliphatic rings. The van der Waals surface area contributed by atoms with Crippen LogP contribution in [0, 0.1) is 13.8 Å². The van der Waals surface area contributed by atoms with E-state index in [4.69, 9.17) is 0 Å². The molecule has 6 nitrogen and oxygen atoms in total. The summed E-state index contributed by atoms with van der Waals surface area (Å²) in [7, 11) is 0. The summed E-state index contributed by atoms with van der Waals surface area (Å²) in [6, 6.07) is 10.0. The van der Waals surface area contributed by atoms with Gasteiger partial charge in [-0.2, -0.15) is 0 Å². The number of nitrogens with one attached hydrogen (secondary N) is 1. The Kier molecular flexibility index (Phi) is 4.97. The van der Waals surface area contributed by atoms with E-state index in [0.29, 0.717) is 11.9 Å². The molecule has 2 aromatic heterocycles. The normalized spacial score (nSPS) is 10.8. The van der Waals surface area contributed by atoms with Gasteiger partial charge in [0.05, 0.1) is 11.9 Å². The number of rotatable bonds is 6. The first-order chi connectivity index (χ1) is 12.1. The van der Waals surface area contributed by atoms with Gasteiger partial charge in [-0.25, -0.2) is 19.5 Å². The molecule has 0 aliphatic carbocycles. The van der Waals surface area contributed by atoms with Crippen molar-refractivity contribution in [3.05, 3.63) is 53.5 Å². The quantitative estimate of drug-likeness (QED) is 0.709. The van der Waals surface area contributed by atoms with Crippen molar-refractivity contribution in [2.45, 2.75) is 40.0 Å². The predicted molar refractivity (Wildman–Crippen MR) is 98.6 cm³/mol. The van der Waals surface area contributed by atoms with Crippen LogP contribution in [-0.2, 0) is 6.42 Å². The van der Waals surface area contributed by atoms with E-state index in [1.807, 2.05) is 32.0 Å². The average molecular weight is 337 g/mol. The molecule has 130 valence electrons. The van der Waals surface area contributed by atoms with Crippen molar-refractivity contribution < 1.29 is 5.11 Å². The molecule has 0 radical (unpaired) electrons. The predicted octanol–water partition coefficient (Wildman–Crippen LogP) is 4.07. The van der Waals surface area contributed by atoms with Crippen LogP contribution >= 0.6 is 0 Å². The van der Waals surface area contributed by atoms with Crippen molar-refractivity contribution in [3.8, 4) is 11.6 Å². The molecule has 0 amide bonds. The summed E-state index contributed by atoms with van der Waals surface area (Å²) >= 11 is 0. The number of aromatic nitrogens is 4. The Bertz CT molecular complexity index is 835. The van der Waals surface area contributed by atoms with Crippen LogP contribution in [0.2, 0.25) is 0 Å². The Morgan fingerprint density at radius 2 is 1.76 bits per heavy atom. The van der Waals surface area contributed by atoms with Crippen LogP contribution in [0.5, 0.6) is 5.88 Å². The van der Waals surface area contributed by atoms with Crippen LogP contribution in [0.25, 0.3) is 5.69 Å². The molecule has 0 fully saturated rings. The fourth-order valence-corrected chi connectivity index (χ4v) is 2.76. The van der Waals surface area contributed by atoms with E-state index < -0.39 is 0 Å². The standard InChI is InChI=1S/C19H23N5O/c1-4-5-6-15-7-9-16(10-8-15)24-17(25)12-20-19(24)23-18-21-13(2)11-14(3)22-18/h7-12,25H,4-6H2,1-3H3,(H,20,21,22,23). The highest BCUT2D eigenvalue weighted by Crippen LogP contribution is 2.25. The summed E-state index contributed by atoms with van der Waals surface area (Å²) in [5.41, 5.74) is 3.87. The lowest BCUT2D eigenvalue weighted by atomic mass is 10.1. The van der Waals surface area contributed by atoms with Gasteiger partial charge in [0, 0.05) is 11.4 Å². The number of benzene rings is 1. The molecule has 25 heavy (non-hydrogen) atoms. The van der Waals surface area contributed by atoms with Crippen LogP contribution in [0.15, 0.2) is 36.5 Å². The van der Waals surface area contributed by atoms with E-state index in [1.165, 1.54) is 24.6 Å². The lowest BCUT2D eigenvalue weighted by molar-refractivity contribution is 0.443. The molecule has 1 aromatic carbocycles. The van der Waals surface area contributed by atoms with Crippen molar-refractivity contribution in [3.63, 3.8) is 0 Å². The number of aryl methyl sites for hydroxylation is 3. The zero-order valence-corrected chi connectivity index (χ0v) is 14.8. The summed E-state index contributed by atoms with van der Waals surface area (Å²) in [6.07, 6.45) is 4.82. The van der Waals surface area contributed by atoms with Gasteiger partial charge in [0.25, 0.3) is 0 Å². The highest BCUT2D eigenvalue weighted by Gasteiger charge is 2.13. The largest absolute Gasteiger partial charge is 0.493 e. The van der Waals surface area contributed by atoms with Crippen LogP contribution in [0.3, 0.4) is 0 Å². The number of nitrogens with zero attached hydrogens (tertiary/aromatic N) is 4. The number of hydrogen-bond acceptors (Lipinski definition) is 5. The van der Waals surface area contributed by atoms with E-state index >= 15 is 0 Å². The molecule has 0 saturated carbocycles. The van der Waals surface area contributed by atoms with E-state index in [2.05, 4.69) is 39.3 Å². The van der Waals surface area contributed by atoms with Crippen molar-refractivity contribution in [2.75, 3.05) is 5.32 Å². The fraction of sp³-hybridized carbons (Fsp3) is 0.316. The Morgan fingerprint density at radius 1 is 1.08 bits per heavy atom. The topological polar surface area (TPSA) is 75.9 Å². The Hall–Kier alpha value is -2.89. The minimum absolute atomic E-state index is 0.0631. The molecule has 0 unspecified atom stereocenters. The maximum atomic E-state index is 10.2. The van der Waals surface area contributed by atoms with Crippen LogP contribution < -0.4 is 5.32 Å². The van der Waals surface area contributed by atoms with Gasteiger partial charge in [-0.15, -0.1) is 0 Å². The third kappa shape index (κ3) is 3.96. The first-order valence-corrected chi connectivity index (χ1v) is 8.52. The average Bonchev–Trinajstić information content (AvgIpc) is 2.93. The smallest absolute Gasteiger partial charge is 0.229 e. The summed E-state index contributed by atoms with van der Waals surface area (Å²) in [5.74, 6) is 1.00. The summed E-state index contributed by atoms with van der Waals surface area (Å²) in [6.45, 7) is 6.02. The molecule has 0 spiro atoms. The number of hydrogen-bond donors (Lipinski definition) is 2. The van der Waals surface area contributed by atoms with E-state index in [9.17, 15) is 5.11 Å². The third-order valence-corrected chi connectivity index (χ3v) is 3.96. The molecule has 0 bridgehead atoms. The number of anilines is 2. The number of aromatic hydroxyl groups is 1. The molecular weight excluding hydrogens is 314 g/mol. The van der Waals surface area contributed by atoms with Gasteiger partial charge < -0.3 is 5.11 Å². The van der Waals surface area contributed by atoms with Crippen molar-refractivity contribution >= 4 is 11.9 Å². The van der Waals surface area contributed by atoms with Gasteiger partial charge in [0.1, 0.15) is 0 Å². The Labute approximate surface area is 147 Å². The van der Waals surface area contributed by atoms with Gasteiger partial charge in [0.15, 0.2) is 0 Å². The monoisotopic (exact) mass is 337 g/mol. The van der Waals surface area contributed by atoms with E-state index in [-0.39, 0.29) is 5.88 Å². The summed E-state index contributed by atoms with van der Waals surface area (Å²) in [5, 5.41) is 13.3. The molecule has 0 saturated heterocycles. The Balaban J connectivity index is 1.88. The molecule has 2 heterocycles. The first-order valence-electron chi connectivity index (χ1n) is 8.52. The molecule has 0 aliphatic heterocycles. The van der Waals surface area contributed by atoms with Crippen LogP contribution in [0.4, 0.5) is 11.9 Å². The lowest BCUT2D eigenvalue weighted by Gasteiger charge is -2.11. The minimum Gasteiger partial charge on any atom is -0.493 e. The Morgan fingerprint density at radius 3 is 2.40 bits per heavy atom. The lowest BCUT2D eigenvalue weighted by Crippen LogP contribution is -2.06. The molecule has 0 atom stereocenters. The molecule has 2 N–H and O–H groups in total. The molecule has 3 rings (SSSR count). The van der Waals surface area contributed by atoms with Gasteiger partial charge in [-0.3, -0.25) is 5.32 Å². The molecular formula is C19H23N5O. The summed E-state index contributed by atoms with van der Waals surface area (Å²) in [4.78, 5) is 13.0.